The topological polar surface area (TPSA) is 50.2 Å². The van der Waals surface area contributed by atoms with E-state index in [0.717, 1.165) is 19.3 Å². The number of hydrogen-bond donors (Lipinski definition) is 1. The van der Waals surface area contributed by atoms with E-state index in [0.29, 0.717) is 0 Å². The zero-order valence-electron chi connectivity index (χ0n) is 7.73. The summed E-state index contributed by atoms with van der Waals surface area (Å²) in [4.78, 5) is 14.9. The molecule has 3 fully saturated rings. The van der Waals surface area contributed by atoms with Crippen LogP contribution in [-0.2, 0) is 10.2 Å². The molecule has 1 heterocycles. The first-order valence-corrected chi connectivity index (χ1v) is 4.81. The van der Waals surface area contributed by atoms with Gasteiger partial charge in [-0.2, -0.15) is 0 Å². The SMILES string of the molecule is O=C(O)C12CC(c3ccncc3)(C1)C2. The minimum atomic E-state index is -0.617. The molecule has 0 saturated heterocycles. The third-order valence-corrected chi connectivity index (χ3v) is 3.78. The molecule has 0 amide bonds. The maximum atomic E-state index is 10.9. The molecule has 0 spiro atoms. The predicted octanol–water partition coefficient (Wildman–Crippen LogP) is 1.59. The van der Waals surface area contributed by atoms with Gasteiger partial charge in [0.15, 0.2) is 0 Å². The Balaban J connectivity index is 1.85. The summed E-state index contributed by atoms with van der Waals surface area (Å²) in [5.74, 6) is -0.617. The minimum absolute atomic E-state index is 0.182. The summed E-state index contributed by atoms with van der Waals surface area (Å²) in [6.07, 6.45) is 6.02. The molecule has 1 aromatic rings. The molecule has 0 unspecified atom stereocenters. The Morgan fingerprint density at radius 2 is 1.86 bits per heavy atom. The summed E-state index contributed by atoms with van der Waals surface area (Å²) in [6.45, 7) is 0. The molecule has 3 aliphatic rings. The van der Waals surface area contributed by atoms with E-state index in [1.54, 1.807) is 12.4 Å². The molecule has 3 saturated carbocycles. The number of aromatic nitrogens is 1. The van der Waals surface area contributed by atoms with Crippen molar-refractivity contribution in [2.24, 2.45) is 5.41 Å². The van der Waals surface area contributed by atoms with Gasteiger partial charge in [0.25, 0.3) is 0 Å². The fourth-order valence-electron chi connectivity index (χ4n) is 3.03. The van der Waals surface area contributed by atoms with E-state index in [-0.39, 0.29) is 10.8 Å². The van der Waals surface area contributed by atoms with Gasteiger partial charge in [-0.05, 0) is 42.4 Å². The summed E-state index contributed by atoms with van der Waals surface area (Å²) in [7, 11) is 0. The zero-order valence-corrected chi connectivity index (χ0v) is 7.73. The van der Waals surface area contributed by atoms with Gasteiger partial charge >= 0.3 is 5.97 Å². The van der Waals surface area contributed by atoms with Crippen LogP contribution >= 0.6 is 0 Å². The highest BCUT2D eigenvalue weighted by atomic mass is 16.4. The average molecular weight is 189 g/mol. The Morgan fingerprint density at radius 3 is 2.36 bits per heavy atom. The molecule has 0 radical (unpaired) electrons. The lowest BCUT2D eigenvalue weighted by Gasteiger charge is -2.68. The van der Waals surface area contributed by atoms with E-state index in [1.165, 1.54) is 5.56 Å². The van der Waals surface area contributed by atoms with Crippen molar-refractivity contribution in [2.75, 3.05) is 0 Å². The normalized spacial score (nSPS) is 38.3. The van der Waals surface area contributed by atoms with Gasteiger partial charge in [-0.25, -0.2) is 0 Å². The first-order chi connectivity index (χ1) is 6.67. The van der Waals surface area contributed by atoms with Crippen molar-refractivity contribution in [2.45, 2.75) is 24.7 Å². The van der Waals surface area contributed by atoms with Crippen molar-refractivity contribution in [3.63, 3.8) is 0 Å². The van der Waals surface area contributed by atoms with Crippen molar-refractivity contribution in [1.82, 2.24) is 4.98 Å². The molecule has 0 aromatic carbocycles. The van der Waals surface area contributed by atoms with E-state index in [4.69, 9.17) is 5.11 Å². The number of carboxylic acids is 1. The molecular weight excluding hydrogens is 178 g/mol. The third-order valence-electron chi connectivity index (χ3n) is 3.78. The lowest BCUT2D eigenvalue weighted by Crippen LogP contribution is -2.67. The van der Waals surface area contributed by atoms with Gasteiger partial charge < -0.3 is 5.11 Å². The standard InChI is InChI=1S/C11H11NO2/c13-9(14)11-5-10(6-11,7-11)8-1-3-12-4-2-8/h1-4H,5-7H2,(H,13,14). The van der Waals surface area contributed by atoms with E-state index in [1.807, 2.05) is 12.1 Å². The quantitative estimate of drug-likeness (QED) is 0.768. The van der Waals surface area contributed by atoms with Crippen LogP contribution < -0.4 is 0 Å². The Bertz CT molecular complexity index is 379. The highest BCUT2D eigenvalue weighted by Crippen LogP contribution is 2.73. The predicted molar refractivity (Wildman–Crippen MR) is 49.8 cm³/mol. The first kappa shape index (κ1) is 7.97. The Kier molecular flexibility index (Phi) is 1.23. The van der Waals surface area contributed by atoms with Crippen LogP contribution in [0.25, 0.3) is 0 Å². The van der Waals surface area contributed by atoms with Gasteiger partial charge in [0.05, 0.1) is 5.41 Å². The second kappa shape index (κ2) is 2.16. The maximum absolute atomic E-state index is 10.9. The summed E-state index contributed by atoms with van der Waals surface area (Å²) in [5.41, 5.74) is 1.07. The second-order valence-corrected chi connectivity index (χ2v) is 4.63. The molecule has 72 valence electrons. The van der Waals surface area contributed by atoms with Crippen LogP contribution in [0, 0.1) is 5.41 Å². The summed E-state index contributed by atoms with van der Waals surface area (Å²) >= 11 is 0. The Hall–Kier alpha value is -1.38. The van der Waals surface area contributed by atoms with Gasteiger partial charge in [0, 0.05) is 12.4 Å². The van der Waals surface area contributed by atoms with Gasteiger partial charge in [-0.1, -0.05) is 0 Å². The monoisotopic (exact) mass is 189 g/mol. The molecule has 1 N–H and O–H groups in total. The molecule has 4 rings (SSSR count). The van der Waals surface area contributed by atoms with Crippen LogP contribution in [0.5, 0.6) is 0 Å². The Morgan fingerprint density at radius 1 is 1.29 bits per heavy atom. The number of hydrogen-bond acceptors (Lipinski definition) is 2. The van der Waals surface area contributed by atoms with Crippen molar-refractivity contribution < 1.29 is 9.90 Å². The third kappa shape index (κ3) is 0.733. The van der Waals surface area contributed by atoms with Crippen LogP contribution in [0.2, 0.25) is 0 Å². The number of pyridine rings is 1. The lowest BCUT2D eigenvalue weighted by atomic mass is 9.33. The highest BCUT2D eigenvalue weighted by Gasteiger charge is 2.72. The number of rotatable bonds is 2. The summed E-state index contributed by atoms with van der Waals surface area (Å²) in [5, 5.41) is 8.98. The summed E-state index contributed by atoms with van der Waals surface area (Å²) in [6, 6.07) is 4.01. The van der Waals surface area contributed by atoms with Crippen LogP contribution in [0.15, 0.2) is 24.5 Å². The number of aliphatic carboxylic acids is 1. The molecular formula is C11H11NO2. The minimum Gasteiger partial charge on any atom is -0.481 e. The van der Waals surface area contributed by atoms with E-state index in [2.05, 4.69) is 4.98 Å². The molecule has 2 bridgehead atoms. The largest absolute Gasteiger partial charge is 0.481 e. The smallest absolute Gasteiger partial charge is 0.309 e. The summed E-state index contributed by atoms with van der Waals surface area (Å²) < 4.78 is 0. The van der Waals surface area contributed by atoms with E-state index >= 15 is 0 Å². The van der Waals surface area contributed by atoms with Crippen LogP contribution in [0.3, 0.4) is 0 Å². The second-order valence-electron chi connectivity index (χ2n) is 4.63. The number of carboxylic acid groups (broad SMARTS) is 1. The first-order valence-electron chi connectivity index (χ1n) is 4.81. The van der Waals surface area contributed by atoms with E-state index in [9.17, 15) is 4.79 Å². The number of carbonyl (C=O) groups is 1. The molecule has 0 atom stereocenters. The zero-order chi connectivity index (χ0) is 9.81. The fourth-order valence-corrected chi connectivity index (χ4v) is 3.03. The molecule has 3 heteroatoms. The van der Waals surface area contributed by atoms with Crippen molar-refractivity contribution >= 4 is 5.97 Å². The molecule has 14 heavy (non-hydrogen) atoms. The van der Waals surface area contributed by atoms with Gasteiger partial charge in [0.1, 0.15) is 0 Å². The van der Waals surface area contributed by atoms with Crippen LogP contribution in [-0.4, -0.2) is 16.1 Å². The van der Waals surface area contributed by atoms with Crippen molar-refractivity contribution in [3.8, 4) is 0 Å². The number of nitrogens with zero attached hydrogens (tertiary/aromatic N) is 1. The molecule has 1 aromatic heterocycles. The average Bonchev–Trinajstić information content (AvgIpc) is 2.00. The molecule has 3 aliphatic carbocycles. The van der Waals surface area contributed by atoms with Gasteiger partial charge in [0.2, 0.25) is 0 Å². The van der Waals surface area contributed by atoms with Crippen molar-refractivity contribution in [1.29, 1.82) is 0 Å². The van der Waals surface area contributed by atoms with Crippen molar-refractivity contribution in [3.05, 3.63) is 30.1 Å². The van der Waals surface area contributed by atoms with Crippen LogP contribution in [0.1, 0.15) is 24.8 Å². The van der Waals surface area contributed by atoms with Crippen LogP contribution in [0.4, 0.5) is 0 Å². The highest BCUT2D eigenvalue weighted by molar-refractivity contribution is 5.80. The maximum Gasteiger partial charge on any atom is 0.309 e. The Labute approximate surface area is 81.8 Å². The molecule has 0 aliphatic heterocycles. The lowest BCUT2D eigenvalue weighted by molar-refractivity contribution is -0.194. The van der Waals surface area contributed by atoms with E-state index < -0.39 is 5.97 Å². The molecule has 3 nitrogen and oxygen atoms in total. The van der Waals surface area contributed by atoms with Gasteiger partial charge in [-0.3, -0.25) is 9.78 Å². The van der Waals surface area contributed by atoms with Gasteiger partial charge in [-0.15, -0.1) is 0 Å². The fraction of sp³-hybridized carbons (Fsp3) is 0.455.